The average molecular weight is 358 g/mol. The standard InChI is InChI=1S/C20H30N4O2/c1-23-9-10-26-19(20(23)18-12-21-15-24(18)2)13-22-17(14-25-3)11-16-7-5-4-6-8-16/h4-8,12,15,17,19-20,22H,9-11,13-14H2,1-3H3/t17?,19-,20-/m0/s1. The second-order valence-corrected chi connectivity index (χ2v) is 7.01. The summed E-state index contributed by atoms with van der Waals surface area (Å²) in [5, 5.41) is 3.66. The molecule has 1 aromatic heterocycles. The number of hydrogen-bond acceptors (Lipinski definition) is 5. The molecule has 1 N–H and O–H groups in total. The number of hydrogen-bond donors (Lipinski definition) is 1. The summed E-state index contributed by atoms with van der Waals surface area (Å²) in [4.78, 5) is 6.64. The summed E-state index contributed by atoms with van der Waals surface area (Å²) in [6.45, 7) is 3.14. The summed E-state index contributed by atoms with van der Waals surface area (Å²) in [5.41, 5.74) is 2.50. The van der Waals surface area contributed by atoms with E-state index in [2.05, 4.69) is 51.1 Å². The third kappa shape index (κ3) is 4.71. The van der Waals surface area contributed by atoms with E-state index in [-0.39, 0.29) is 18.2 Å². The Hall–Kier alpha value is -1.73. The van der Waals surface area contributed by atoms with Crippen LogP contribution in [0.3, 0.4) is 0 Å². The van der Waals surface area contributed by atoms with E-state index >= 15 is 0 Å². The van der Waals surface area contributed by atoms with Gasteiger partial charge in [-0.15, -0.1) is 0 Å². The molecule has 1 saturated heterocycles. The third-order valence-corrected chi connectivity index (χ3v) is 5.06. The van der Waals surface area contributed by atoms with Crippen molar-refractivity contribution in [3.05, 3.63) is 54.1 Å². The number of nitrogens with one attached hydrogen (secondary N) is 1. The van der Waals surface area contributed by atoms with Crippen LogP contribution in [0, 0.1) is 0 Å². The van der Waals surface area contributed by atoms with Crippen LogP contribution < -0.4 is 5.32 Å². The predicted octanol–water partition coefficient (Wildman–Crippen LogP) is 1.64. The lowest BCUT2D eigenvalue weighted by molar-refractivity contribution is -0.0651. The maximum absolute atomic E-state index is 6.13. The lowest BCUT2D eigenvalue weighted by Gasteiger charge is -2.39. The summed E-state index contributed by atoms with van der Waals surface area (Å²) in [5.74, 6) is 0. The van der Waals surface area contributed by atoms with Crippen molar-refractivity contribution in [2.24, 2.45) is 7.05 Å². The molecule has 0 amide bonds. The van der Waals surface area contributed by atoms with E-state index in [4.69, 9.17) is 9.47 Å². The molecule has 2 heterocycles. The van der Waals surface area contributed by atoms with Crippen LogP contribution in [0.4, 0.5) is 0 Å². The fourth-order valence-electron chi connectivity index (χ4n) is 3.67. The van der Waals surface area contributed by atoms with Crippen LogP contribution in [-0.4, -0.2) is 67.1 Å². The molecule has 0 saturated carbocycles. The van der Waals surface area contributed by atoms with Gasteiger partial charge < -0.3 is 19.4 Å². The van der Waals surface area contributed by atoms with E-state index in [9.17, 15) is 0 Å². The number of rotatable bonds is 8. The Bertz CT molecular complexity index is 661. The van der Waals surface area contributed by atoms with Crippen molar-refractivity contribution in [2.75, 3.05) is 40.5 Å². The van der Waals surface area contributed by atoms with Crippen molar-refractivity contribution in [1.29, 1.82) is 0 Å². The number of nitrogens with zero attached hydrogens (tertiary/aromatic N) is 3. The van der Waals surface area contributed by atoms with Gasteiger partial charge in [0.05, 0.1) is 37.4 Å². The molecule has 26 heavy (non-hydrogen) atoms. The van der Waals surface area contributed by atoms with E-state index in [0.717, 1.165) is 26.1 Å². The second kappa shape index (κ2) is 9.28. The van der Waals surface area contributed by atoms with Crippen molar-refractivity contribution < 1.29 is 9.47 Å². The van der Waals surface area contributed by atoms with Crippen LogP contribution in [0.2, 0.25) is 0 Å². The lowest BCUT2D eigenvalue weighted by atomic mass is 10.0. The lowest BCUT2D eigenvalue weighted by Crippen LogP contribution is -2.50. The Morgan fingerprint density at radius 2 is 2.12 bits per heavy atom. The first-order chi connectivity index (χ1) is 12.7. The number of ether oxygens (including phenoxy) is 2. The highest BCUT2D eigenvalue weighted by molar-refractivity contribution is 5.16. The molecular formula is C20H30N4O2. The summed E-state index contributed by atoms with van der Waals surface area (Å²) in [7, 11) is 5.95. The Morgan fingerprint density at radius 1 is 1.31 bits per heavy atom. The molecule has 6 nitrogen and oxygen atoms in total. The number of benzene rings is 1. The number of aryl methyl sites for hydroxylation is 1. The van der Waals surface area contributed by atoms with E-state index in [1.165, 1.54) is 11.3 Å². The topological polar surface area (TPSA) is 51.5 Å². The van der Waals surface area contributed by atoms with Crippen LogP contribution in [0.15, 0.2) is 42.9 Å². The van der Waals surface area contributed by atoms with Crippen molar-refractivity contribution in [3.8, 4) is 0 Å². The highest BCUT2D eigenvalue weighted by Crippen LogP contribution is 2.27. The molecule has 3 rings (SSSR count). The van der Waals surface area contributed by atoms with Gasteiger partial charge >= 0.3 is 0 Å². The average Bonchev–Trinajstić information content (AvgIpc) is 3.06. The fourth-order valence-corrected chi connectivity index (χ4v) is 3.67. The fraction of sp³-hybridized carbons (Fsp3) is 0.550. The van der Waals surface area contributed by atoms with Gasteiger partial charge in [-0.25, -0.2) is 4.98 Å². The minimum atomic E-state index is 0.0827. The molecule has 1 aliphatic heterocycles. The largest absolute Gasteiger partial charge is 0.383 e. The molecule has 0 radical (unpaired) electrons. The first-order valence-electron chi connectivity index (χ1n) is 9.23. The number of methoxy groups -OCH3 is 1. The molecule has 1 aromatic carbocycles. The number of imidazole rings is 1. The van der Waals surface area contributed by atoms with E-state index in [1.54, 1.807) is 7.11 Å². The van der Waals surface area contributed by atoms with Crippen LogP contribution in [0.5, 0.6) is 0 Å². The van der Waals surface area contributed by atoms with Gasteiger partial charge in [0.15, 0.2) is 0 Å². The summed E-state index contributed by atoms with van der Waals surface area (Å²) in [6.07, 6.45) is 4.82. The van der Waals surface area contributed by atoms with E-state index < -0.39 is 0 Å². The predicted molar refractivity (Wildman–Crippen MR) is 102 cm³/mol. The van der Waals surface area contributed by atoms with Gasteiger partial charge in [0, 0.05) is 39.5 Å². The summed E-state index contributed by atoms with van der Waals surface area (Å²) in [6, 6.07) is 11.0. The van der Waals surface area contributed by atoms with Crippen molar-refractivity contribution >= 4 is 0 Å². The molecule has 2 aromatic rings. The Kier molecular flexibility index (Phi) is 6.80. The van der Waals surface area contributed by atoms with Crippen LogP contribution in [0.1, 0.15) is 17.3 Å². The van der Waals surface area contributed by atoms with Gasteiger partial charge in [-0.1, -0.05) is 30.3 Å². The second-order valence-electron chi connectivity index (χ2n) is 7.01. The molecule has 1 aliphatic rings. The van der Waals surface area contributed by atoms with Crippen molar-refractivity contribution in [2.45, 2.75) is 24.6 Å². The van der Waals surface area contributed by atoms with Gasteiger partial charge in [0.2, 0.25) is 0 Å². The number of likely N-dealkylation sites (N-methyl/N-ethyl adjacent to an activating group) is 1. The third-order valence-electron chi connectivity index (χ3n) is 5.06. The minimum absolute atomic E-state index is 0.0827. The van der Waals surface area contributed by atoms with E-state index in [1.807, 2.05) is 25.6 Å². The zero-order chi connectivity index (χ0) is 18.4. The quantitative estimate of drug-likeness (QED) is 0.777. The Morgan fingerprint density at radius 3 is 2.81 bits per heavy atom. The molecule has 3 atom stereocenters. The molecular weight excluding hydrogens is 328 g/mol. The van der Waals surface area contributed by atoms with Gasteiger partial charge in [-0.2, -0.15) is 0 Å². The molecule has 6 heteroatoms. The van der Waals surface area contributed by atoms with E-state index in [0.29, 0.717) is 6.61 Å². The SMILES string of the molecule is COCC(Cc1ccccc1)NC[C@@H]1OCCN(C)[C@H]1c1cncn1C. The first kappa shape index (κ1) is 19.0. The summed E-state index contributed by atoms with van der Waals surface area (Å²) >= 11 is 0. The van der Waals surface area contributed by atoms with Gasteiger partial charge in [-0.05, 0) is 19.0 Å². The van der Waals surface area contributed by atoms with Gasteiger partial charge in [0.25, 0.3) is 0 Å². The maximum atomic E-state index is 6.13. The van der Waals surface area contributed by atoms with Gasteiger partial charge in [-0.3, -0.25) is 4.90 Å². The Labute approximate surface area is 156 Å². The molecule has 1 unspecified atom stereocenters. The van der Waals surface area contributed by atoms with Gasteiger partial charge in [0.1, 0.15) is 0 Å². The zero-order valence-electron chi connectivity index (χ0n) is 16.0. The smallest absolute Gasteiger partial charge is 0.0946 e. The first-order valence-corrected chi connectivity index (χ1v) is 9.23. The molecule has 0 aliphatic carbocycles. The molecule has 0 spiro atoms. The number of morpholine rings is 1. The summed E-state index contributed by atoms with van der Waals surface area (Å²) < 4.78 is 13.6. The molecule has 0 bridgehead atoms. The van der Waals surface area contributed by atoms with Crippen LogP contribution >= 0.6 is 0 Å². The highest BCUT2D eigenvalue weighted by Gasteiger charge is 2.33. The van der Waals surface area contributed by atoms with Crippen molar-refractivity contribution in [1.82, 2.24) is 19.8 Å². The Balaban J connectivity index is 1.65. The zero-order valence-corrected chi connectivity index (χ0v) is 16.0. The molecule has 142 valence electrons. The van der Waals surface area contributed by atoms with Crippen LogP contribution in [-0.2, 0) is 22.9 Å². The maximum Gasteiger partial charge on any atom is 0.0946 e. The normalized spacial score (nSPS) is 22.4. The highest BCUT2D eigenvalue weighted by atomic mass is 16.5. The monoisotopic (exact) mass is 358 g/mol. The number of aromatic nitrogens is 2. The van der Waals surface area contributed by atoms with Crippen LogP contribution in [0.25, 0.3) is 0 Å². The molecule has 1 fully saturated rings. The minimum Gasteiger partial charge on any atom is -0.383 e. The van der Waals surface area contributed by atoms with Crippen molar-refractivity contribution in [3.63, 3.8) is 0 Å².